The van der Waals surface area contributed by atoms with Crippen molar-refractivity contribution in [2.24, 2.45) is 0 Å². The van der Waals surface area contributed by atoms with Crippen molar-refractivity contribution in [3.63, 3.8) is 0 Å². The SMILES string of the molecule is O=S(=O)(Nc1ccc(F)cc1Cl)c1cncc(Br)c1. The molecule has 2 rings (SSSR count). The van der Waals surface area contributed by atoms with E-state index in [0.29, 0.717) is 4.47 Å². The van der Waals surface area contributed by atoms with Crippen molar-refractivity contribution in [3.8, 4) is 0 Å². The van der Waals surface area contributed by atoms with E-state index >= 15 is 0 Å². The second kappa shape index (κ2) is 5.44. The molecule has 0 aliphatic carbocycles. The minimum absolute atomic E-state index is 0.0217. The fraction of sp³-hybridized carbons (Fsp3) is 0. The van der Waals surface area contributed by atoms with Crippen LogP contribution in [0.3, 0.4) is 0 Å². The van der Waals surface area contributed by atoms with Crippen molar-refractivity contribution in [1.29, 1.82) is 0 Å². The summed E-state index contributed by atoms with van der Waals surface area (Å²) < 4.78 is 39.8. The first-order valence-corrected chi connectivity index (χ1v) is 7.62. The van der Waals surface area contributed by atoms with Crippen LogP contribution in [0.1, 0.15) is 0 Å². The Balaban J connectivity index is 2.36. The van der Waals surface area contributed by atoms with Gasteiger partial charge in [-0.25, -0.2) is 12.8 Å². The molecule has 0 amide bonds. The van der Waals surface area contributed by atoms with Gasteiger partial charge in [-0.1, -0.05) is 11.6 Å². The molecule has 1 aromatic heterocycles. The van der Waals surface area contributed by atoms with Gasteiger partial charge < -0.3 is 0 Å². The molecular formula is C11H7BrClFN2O2S. The number of anilines is 1. The van der Waals surface area contributed by atoms with Crippen LogP contribution in [0.5, 0.6) is 0 Å². The molecule has 0 unspecified atom stereocenters. The van der Waals surface area contributed by atoms with Crippen LogP contribution in [-0.4, -0.2) is 13.4 Å². The van der Waals surface area contributed by atoms with Gasteiger partial charge in [-0.2, -0.15) is 0 Å². The summed E-state index contributed by atoms with van der Waals surface area (Å²) in [6.45, 7) is 0. The number of nitrogens with one attached hydrogen (secondary N) is 1. The van der Waals surface area contributed by atoms with Gasteiger partial charge in [-0.15, -0.1) is 0 Å². The van der Waals surface area contributed by atoms with Gasteiger partial charge in [-0.05, 0) is 40.2 Å². The van der Waals surface area contributed by atoms with E-state index in [1.807, 2.05) is 0 Å². The summed E-state index contributed by atoms with van der Waals surface area (Å²) in [5, 5.41) is -0.0217. The molecule has 1 aromatic carbocycles. The highest BCUT2D eigenvalue weighted by Gasteiger charge is 2.16. The van der Waals surface area contributed by atoms with E-state index < -0.39 is 15.8 Å². The van der Waals surface area contributed by atoms with E-state index in [2.05, 4.69) is 25.6 Å². The summed E-state index contributed by atoms with van der Waals surface area (Å²) in [5.74, 6) is -0.544. The molecule has 0 spiro atoms. The van der Waals surface area contributed by atoms with E-state index in [1.165, 1.54) is 24.5 Å². The molecule has 0 aliphatic rings. The maximum Gasteiger partial charge on any atom is 0.263 e. The van der Waals surface area contributed by atoms with Crippen molar-refractivity contribution in [3.05, 3.63) is 52.0 Å². The Morgan fingerprint density at radius 2 is 2.00 bits per heavy atom. The van der Waals surface area contributed by atoms with Crippen LogP contribution >= 0.6 is 27.5 Å². The zero-order valence-corrected chi connectivity index (χ0v) is 12.4. The lowest BCUT2D eigenvalue weighted by Gasteiger charge is -2.09. The second-order valence-corrected chi connectivity index (χ2v) is 6.57. The number of sulfonamides is 1. The lowest BCUT2D eigenvalue weighted by Crippen LogP contribution is -2.13. The van der Waals surface area contributed by atoms with Crippen LogP contribution in [-0.2, 0) is 10.0 Å². The van der Waals surface area contributed by atoms with Gasteiger partial charge in [0.05, 0.1) is 10.7 Å². The summed E-state index contributed by atoms with van der Waals surface area (Å²) >= 11 is 8.90. The fourth-order valence-corrected chi connectivity index (χ4v) is 3.17. The van der Waals surface area contributed by atoms with Gasteiger partial charge in [-0.3, -0.25) is 9.71 Å². The largest absolute Gasteiger partial charge is 0.278 e. The maximum absolute atomic E-state index is 12.9. The molecule has 1 heterocycles. The monoisotopic (exact) mass is 364 g/mol. The van der Waals surface area contributed by atoms with Gasteiger partial charge in [0.25, 0.3) is 10.0 Å². The standard InChI is InChI=1S/C11H7BrClFN2O2S/c12-7-3-9(6-15-5-7)19(17,18)16-11-2-1-8(14)4-10(11)13/h1-6,16H. The first kappa shape index (κ1) is 14.2. The summed E-state index contributed by atoms with van der Waals surface area (Å²) in [5.41, 5.74) is 0.100. The van der Waals surface area contributed by atoms with Crippen LogP contribution in [0.15, 0.2) is 46.0 Å². The number of nitrogens with zero attached hydrogens (tertiary/aromatic N) is 1. The zero-order valence-electron chi connectivity index (χ0n) is 9.27. The van der Waals surface area contributed by atoms with Crippen molar-refractivity contribution >= 4 is 43.2 Å². The molecule has 0 saturated heterocycles. The summed E-state index contributed by atoms with van der Waals surface area (Å²) in [6.07, 6.45) is 2.66. The number of benzene rings is 1. The van der Waals surface area contributed by atoms with Gasteiger partial charge in [0.1, 0.15) is 10.7 Å². The van der Waals surface area contributed by atoms with Crippen LogP contribution in [0, 0.1) is 5.82 Å². The quantitative estimate of drug-likeness (QED) is 0.906. The molecule has 0 aliphatic heterocycles. The molecule has 2 aromatic rings. The third-order valence-corrected chi connectivity index (χ3v) is 4.24. The van der Waals surface area contributed by atoms with Crippen molar-refractivity contribution in [2.45, 2.75) is 4.90 Å². The average molecular weight is 366 g/mol. The molecule has 8 heteroatoms. The number of halogens is 3. The molecule has 0 bridgehead atoms. The fourth-order valence-electron chi connectivity index (χ4n) is 1.32. The molecule has 4 nitrogen and oxygen atoms in total. The van der Waals surface area contributed by atoms with Gasteiger partial charge in [0.2, 0.25) is 0 Å². The van der Waals surface area contributed by atoms with Crippen molar-refractivity contribution < 1.29 is 12.8 Å². The summed E-state index contributed by atoms with van der Waals surface area (Å²) in [4.78, 5) is 3.74. The van der Waals surface area contributed by atoms with E-state index in [0.717, 1.165) is 12.1 Å². The smallest absolute Gasteiger partial charge is 0.263 e. The zero-order chi connectivity index (χ0) is 14.0. The number of aromatic nitrogens is 1. The Labute approximate surface area is 122 Å². The average Bonchev–Trinajstić information content (AvgIpc) is 2.33. The maximum atomic E-state index is 12.9. The summed E-state index contributed by atoms with van der Waals surface area (Å²) in [6, 6.07) is 4.79. The molecule has 0 fully saturated rings. The van der Waals surface area contributed by atoms with E-state index in [9.17, 15) is 12.8 Å². The Morgan fingerprint density at radius 3 is 2.63 bits per heavy atom. The van der Waals surface area contributed by atoms with E-state index in [4.69, 9.17) is 11.6 Å². The number of rotatable bonds is 3. The topological polar surface area (TPSA) is 59.1 Å². The van der Waals surface area contributed by atoms with Crippen LogP contribution in [0.4, 0.5) is 10.1 Å². The Kier molecular flexibility index (Phi) is 4.07. The lowest BCUT2D eigenvalue weighted by molar-refractivity contribution is 0.600. The van der Waals surface area contributed by atoms with Crippen LogP contribution in [0.2, 0.25) is 5.02 Å². The van der Waals surface area contributed by atoms with Gasteiger partial charge in [0.15, 0.2) is 0 Å². The van der Waals surface area contributed by atoms with Gasteiger partial charge >= 0.3 is 0 Å². The van der Waals surface area contributed by atoms with Gasteiger partial charge in [0, 0.05) is 16.9 Å². The first-order valence-electron chi connectivity index (χ1n) is 4.97. The predicted molar refractivity (Wildman–Crippen MR) is 74.2 cm³/mol. The first-order chi connectivity index (χ1) is 8.88. The van der Waals surface area contributed by atoms with Crippen LogP contribution in [0.25, 0.3) is 0 Å². The highest BCUT2D eigenvalue weighted by molar-refractivity contribution is 9.10. The number of pyridine rings is 1. The number of hydrogen-bond acceptors (Lipinski definition) is 3. The highest BCUT2D eigenvalue weighted by Crippen LogP contribution is 2.25. The normalized spacial score (nSPS) is 11.3. The molecule has 19 heavy (non-hydrogen) atoms. The molecule has 100 valence electrons. The second-order valence-electron chi connectivity index (χ2n) is 3.57. The highest BCUT2D eigenvalue weighted by atomic mass is 79.9. The van der Waals surface area contributed by atoms with E-state index in [1.54, 1.807) is 0 Å². The molecule has 1 N–H and O–H groups in total. The molecule has 0 saturated carbocycles. The predicted octanol–water partition coefficient (Wildman–Crippen LogP) is 3.44. The Bertz CT molecular complexity index is 724. The Morgan fingerprint density at radius 1 is 1.26 bits per heavy atom. The third-order valence-electron chi connectivity index (χ3n) is 2.17. The van der Waals surface area contributed by atoms with Crippen molar-refractivity contribution in [2.75, 3.05) is 4.72 Å². The van der Waals surface area contributed by atoms with Crippen molar-refractivity contribution in [1.82, 2.24) is 4.98 Å². The third kappa shape index (κ3) is 3.43. The minimum atomic E-state index is -3.82. The van der Waals surface area contributed by atoms with Crippen LogP contribution < -0.4 is 4.72 Å². The number of hydrogen-bond donors (Lipinski definition) is 1. The lowest BCUT2D eigenvalue weighted by atomic mass is 10.3. The summed E-state index contributed by atoms with van der Waals surface area (Å²) in [7, 11) is -3.82. The molecular weight excluding hydrogens is 359 g/mol. The minimum Gasteiger partial charge on any atom is -0.278 e. The molecule has 0 radical (unpaired) electrons. The Hall–Kier alpha value is -1.18. The van der Waals surface area contributed by atoms with E-state index in [-0.39, 0.29) is 15.6 Å². The molecule has 0 atom stereocenters.